The third-order valence-corrected chi connectivity index (χ3v) is 4.28. The zero-order chi connectivity index (χ0) is 15.2. The van der Waals surface area contributed by atoms with Gasteiger partial charge in [0.25, 0.3) is 0 Å². The normalized spacial score (nSPS) is 22.0. The summed E-state index contributed by atoms with van der Waals surface area (Å²) in [5.41, 5.74) is 7.12. The van der Waals surface area contributed by atoms with Gasteiger partial charge in [-0.1, -0.05) is 26.7 Å². The molecule has 0 aliphatic heterocycles. The van der Waals surface area contributed by atoms with Crippen LogP contribution in [0, 0.1) is 17.7 Å². The van der Waals surface area contributed by atoms with Crippen molar-refractivity contribution in [2.45, 2.75) is 46.0 Å². The van der Waals surface area contributed by atoms with Gasteiger partial charge in [0.05, 0.1) is 18.0 Å². The highest BCUT2D eigenvalue weighted by Gasteiger charge is 2.18. The monoisotopic (exact) mass is 294 g/mol. The molecule has 0 bridgehead atoms. The largest absolute Gasteiger partial charge is 0.490 e. The van der Waals surface area contributed by atoms with E-state index in [9.17, 15) is 4.39 Å². The van der Waals surface area contributed by atoms with Gasteiger partial charge in [-0.05, 0) is 31.1 Å². The maximum absolute atomic E-state index is 13.8. The Morgan fingerprint density at radius 2 is 2.00 bits per heavy atom. The van der Waals surface area contributed by atoms with Gasteiger partial charge in [0.15, 0.2) is 11.6 Å². The lowest BCUT2D eigenvalue weighted by Crippen LogP contribution is -2.20. The highest BCUT2D eigenvalue weighted by atomic mass is 19.1. The first-order valence-corrected chi connectivity index (χ1v) is 8.05. The Balaban J connectivity index is 1.95. The third-order valence-electron chi connectivity index (χ3n) is 4.28. The van der Waals surface area contributed by atoms with E-state index in [4.69, 9.17) is 10.5 Å². The Morgan fingerprint density at radius 1 is 1.29 bits per heavy atom. The van der Waals surface area contributed by atoms with Crippen LogP contribution in [0.15, 0.2) is 12.1 Å². The molecule has 0 saturated heterocycles. The smallest absolute Gasteiger partial charge is 0.167 e. The lowest BCUT2D eigenvalue weighted by Gasteiger charge is -2.26. The van der Waals surface area contributed by atoms with Gasteiger partial charge in [-0.15, -0.1) is 0 Å². The molecule has 1 aliphatic carbocycles. The first-order chi connectivity index (χ1) is 10.1. The number of rotatable bonds is 6. The molecule has 1 aliphatic rings. The first kappa shape index (κ1) is 15.9. The van der Waals surface area contributed by atoms with Crippen LogP contribution in [0.4, 0.5) is 15.8 Å². The lowest BCUT2D eigenvalue weighted by atomic mass is 9.83. The molecule has 3 nitrogen and oxygen atoms in total. The summed E-state index contributed by atoms with van der Waals surface area (Å²) in [6.45, 7) is 5.73. The van der Waals surface area contributed by atoms with E-state index in [0.717, 1.165) is 24.6 Å². The Kier molecular flexibility index (Phi) is 5.71. The first-order valence-electron chi connectivity index (χ1n) is 8.05. The molecule has 0 heterocycles. The molecule has 0 unspecified atom stereocenters. The Bertz CT molecular complexity index is 456. The topological polar surface area (TPSA) is 47.3 Å². The van der Waals surface area contributed by atoms with Crippen LogP contribution >= 0.6 is 0 Å². The van der Waals surface area contributed by atoms with Crippen LogP contribution in [-0.4, -0.2) is 13.2 Å². The summed E-state index contributed by atoms with van der Waals surface area (Å²) in [6, 6.07) is 3.03. The van der Waals surface area contributed by atoms with E-state index in [0.29, 0.717) is 18.2 Å². The fraction of sp³-hybridized carbons (Fsp3) is 0.647. The predicted octanol–water partition coefficient (Wildman–Crippen LogP) is 4.43. The molecule has 0 atom stereocenters. The maximum Gasteiger partial charge on any atom is 0.167 e. The SMILES string of the molecule is CCCOc1cc(NCC2CCC(C)CC2)c(N)cc1F. The average Bonchev–Trinajstić information content (AvgIpc) is 2.47. The minimum Gasteiger partial charge on any atom is -0.490 e. The number of ether oxygens (including phenoxy) is 1. The molecule has 2 rings (SSSR count). The van der Waals surface area contributed by atoms with Gasteiger partial charge in [0, 0.05) is 18.7 Å². The number of nitrogens with one attached hydrogen (secondary N) is 1. The van der Waals surface area contributed by atoms with Gasteiger partial charge in [-0.25, -0.2) is 4.39 Å². The average molecular weight is 294 g/mol. The molecular formula is C17H27FN2O. The number of nitrogen functional groups attached to an aromatic ring is 1. The van der Waals surface area contributed by atoms with Crippen LogP contribution in [0.1, 0.15) is 46.0 Å². The summed E-state index contributed by atoms with van der Waals surface area (Å²) >= 11 is 0. The van der Waals surface area contributed by atoms with Crippen molar-refractivity contribution in [2.75, 3.05) is 24.2 Å². The highest BCUT2D eigenvalue weighted by molar-refractivity contribution is 5.68. The molecule has 4 heteroatoms. The maximum atomic E-state index is 13.8. The van der Waals surface area contributed by atoms with Crippen LogP contribution in [0.2, 0.25) is 0 Å². The fourth-order valence-corrected chi connectivity index (χ4v) is 2.83. The third kappa shape index (κ3) is 4.51. The van der Waals surface area contributed by atoms with Gasteiger partial charge >= 0.3 is 0 Å². The minimum atomic E-state index is -0.391. The second-order valence-electron chi connectivity index (χ2n) is 6.23. The quantitative estimate of drug-likeness (QED) is 0.763. The summed E-state index contributed by atoms with van der Waals surface area (Å²) in [4.78, 5) is 0. The molecule has 1 fully saturated rings. The van der Waals surface area contributed by atoms with Crippen LogP contribution in [0.5, 0.6) is 5.75 Å². The van der Waals surface area contributed by atoms with E-state index < -0.39 is 5.82 Å². The molecule has 1 aromatic carbocycles. The molecule has 118 valence electrons. The van der Waals surface area contributed by atoms with E-state index in [-0.39, 0.29) is 5.75 Å². The van der Waals surface area contributed by atoms with Crippen LogP contribution in [0.3, 0.4) is 0 Å². The van der Waals surface area contributed by atoms with Crippen molar-refractivity contribution in [3.05, 3.63) is 17.9 Å². The van der Waals surface area contributed by atoms with E-state index >= 15 is 0 Å². The summed E-state index contributed by atoms with van der Waals surface area (Å²) < 4.78 is 19.2. The van der Waals surface area contributed by atoms with Crippen molar-refractivity contribution >= 4 is 11.4 Å². The molecule has 0 spiro atoms. The number of anilines is 2. The highest BCUT2D eigenvalue weighted by Crippen LogP contribution is 2.31. The standard InChI is InChI=1S/C17H27FN2O/c1-3-8-21-17-10-16(15(19)9-14(17)18)20-11-13-6-4-12(2)5-7-13/h9-10,12-13,20H,3-8,11,19H2,1-2H3. The second kappa shape index (κ2) is 7.53. The Morgan fingerprint density at radius 3 is 2.67 bits per heavy atom. The Hall–Kier alpha value is -1.45. The molecule has 1 saturated carbocycles. The van der Waals surface area contributed by atoms with E-state index in [1.165, 1.54) is 31.7 Å². The molecule has 1 aromatic rings. The van der Waals surface area contributed by atoms with Crippen molar-refractivity contribution in [2.24, 2.45) is 11.8 Å². The molecular weight excluding hydrogens is 267 g/mol. The predicted molar refractivity (Wildman–Crippen MR) is 86.2 cm³/mol. The molecule has 0 aromatic heterocycles. The van der Waals surface area contributed by atoms with Gasteiger partial charge in [0.1, 0.15) is 0 Å². The van der Waals surface area contributed by atoms with E-state index in [2.05, 4.69) is 12.2 Å². The van der Waals surface area contributed by atoms with Crippen molar-refractivity contribution in [1.82, 2.24) is 0 Å². The summed E-state index contributed by atoms with van der Waals surface area (Å²) in [5.74, 6) is 1.43. The van der Waals surface area contributed by atoms with Gasteiger partial charge in [0.2, 0.25) is 0 Å². The summed E-state index contributed by atoms with van der Waals surface area (Å²) in [7, 11) is 0. The number of nitrogens with two attached hydrogens (primary N) is 1. The van der Waals surface area contributed by atoms with E-state index in [1.807, 2.05) is 6.92 Å². The van der Waals surface area contributed by atoms with Crippen LogP contribution < -0.4 is 15.8 Å². The molecule has 3 N–H and O–H groups in total. The number of halogens is 1. The summed E-state index contributed by atoms with van der Waals surface area (Å²) in [6.07, 6.45) is 5.97. The van der Waals surface area contributed by atoms with Crippen molar-refractivity contribution in [3.8, 4) is 5.75 Å². The van der Waals surface area contributed by atoms with Crippen molar-refractivity contribution in [1.29, 1.82) is 0 Å². The molecule has 0 radical (unpaired) electrons. The van der Waals surface area contributed by atoms with Crippen LogP contribution in [-0.2, 0) is 0 Å². The second-order valence-corrected chi connectivity index (χ2v) is 6.23. The number of hydrogen-bond donors (Lipinski definition) is 2. The zero-order valence-corrected chi connectivity index (χ0v) is 13.1. The van der Waals surface area contributed by atoms with E-state index in [1.54, 1.807) is 6.07 Å². The van der Waals surface area contributed by atoms with Crippen LogP contribution in [0.25, 0.3) is 0 Å². The van der Waals surface area contributed by atoms with Gasteiger partial charge < -0.3 is 15.8 Å². The van der Waals surface area contributed by atoms with Gasteiger partial charge in [-0.2, -0.15) is 0 Å². The number of benzene rings is 1. The lowest BCUT2D eigenvalue weighted by molar-refractivity contribution is 0.299. The van der Waals surface area contributed by atoms with Crippen molar-refractivity contribution < 1.29 is 9.13 Å². The number of hydrogen-bond acceptors (Lipinski definition) is 3. The Labute approximate surface area is 127 Å². The molecule has 0 amide bonds. The minimum absolute atomic E-state index is 0.283. The summed E-state index contributed by atoms with van der Waals surface area (Å²) in [5, 5.41) is 3.37. The molecule has 21 heavy (non-hydrogen) atoms. The zero-order valence-electron chi connectivity index (χ0n) is 13.1. The fourth-order valence-electron chi connectivity index (χ4n) is 2.83. The van der Waals surface area contributed by atoms with Gasteiger partial charge in [-0.3, -0.25) is 0 Å². The van der Waals surface area contributed by atoms with Crippen molar-refractivity contribution in [3.63, 3.8) is 0 Å².